The summed E-state index contributed by atoms with van der Waals surface area (Å²) in [6, 6.07) is 0. The van der Waals surface area contributed by atoms with Crippen molar-refractivity contribution >= 4 is 70.3 Å². The predicted octanol–water partition coefficient (Wildman–Crippen LogP) is -4.27. The van der Waals surface area contributed by atoms with Crippen LogP contribution in [0.5, 0.6) is 0 Å². The molecule has 0 heterocycles. The molecule has 0 aromatic rings. The summed E-state index contributed by atoms with van der Waals surface area (Å²) in [6.07, 6.45) is 0. The average Bonchev–Trinajstić information content (AvgIpc) is 1.19. The van der Waals surface area contributed by atoms with Gasteiger partial charge in [-0.2, -0.15) is 8.42 Å². The second-order valence-electron chi connectivity index (χ2n) is 0.794. The first-order valence-corrected chi connectivity index (χ1v) is 2.87. The fourth-order valence-electron chi connectivity index (χ4n) is 0. The normalized spacial score (nSPS) is 7.73. The maximum absolute atomic E-state index is 8.74. The molecule has 0 bridgehead atoms. The number of hydrogen-bond acceptors (Lipinski definition) is 5. The molecule has 0 aromatic heterocycles. The van der Waals surface area contributed by atoms with Gasteiger partial charge < -0.3 is 15.1 Å². The molecule has 0 unspecified atom stereocenters. The van der Waals surface area contributed by atoms with E-state index in [1.54, 1.807) is 0 Å². The van der Waals surface area contributed by atoms with E-state index in [2.05, 4.69) is 0 Å². The zero-order chi connectivity index (χ0) is 8.08. The Balaban J connectivity index is -0.0000000383. The van der Waals surface area contributed by atoms with Gasteiger partial charge in [0.1, 0.15) is 0 Å². The molecule has 0 saturated heterocycles. The van der Waals surface area contributed by atoms with E-state index in [1.807, 2.05) is 0 Å². The van der Waals surface area contributed by atoms with Crippen LogP contribution in [0.3, 0.4) is 0 Å². The molecule has 0 atom stereocenters. The summed E-state index contributed by atoms with van der Waals surface area (Å²) in [5, 5.41) is 21.5. The fraction of sp³-hybridized carbons (Fsp3) is 0. The van der Waals surface area contributed by atoms with Gasteiger partial charge in [0, 0.05) is 0 Å². The first-order valence-electron chi connectivity index (χ1n) is 1.47. The molecular weight excluding hydrogens is 202 g/mol. The van der Waals surface area contributed by atoms with Gasteiger partial charge in [0.15, 0.2) is 0 Å². The third kappa shape index (κ3) is 425. The van der Waals surface area contributed by atoms with Crippen LogP contribution in [0.4, 0.5) is 0 Å². The van der Waals surface area contributed by atoms with Gasteiger partial charge in [-0.05, 0) is 0 Å². The average molecular weight is 210 g/mol. The van der Waals surface area contributed by atoms with Crippen molar-refractivity contribution in [3.05, 3.63) is 0 Å². The number of rotatable bonds is 0. The third-order valence-electron chi connectivity index (χ3n) is 0. The summed E-state index contributed by atoms with van der Waals surface area (Å²) >= 11 is 0. The van der Waals surface area contributed by atoms with Crippen LogP contribution in [0.25, 0.3) is 0 Å². The Labute approximate surface area is 102 Å². The van der Waals surface area contributed by atoms with Crippen LogP contribution in [-0.4, -0.2) is 92.5 Å². The van der Waals surface area contributed by atoms with Crippen LogP contribution in [0.2, 0.25) is 0 Å². The Hall–Kier alpha value is 1.58. The zero-order valence-electron chi connectivity index (χ0n) is 4.04. The van der Waals surface area contributed by atoms with Gasteiger partial charge in [0.05, 0.1) is 0 Å². The van der Waals surface area contributed by atoms with Gasteiger partial charge in [0.25, 0.3) is 0 Å². The van der Waals surface area contributed by atoms with Crippen LogP contribution in [-0.2, 0) is 10.4 Å². The van der Waals surface area contributed by atoms with Crippen LogP contribution in [0.15, 0.2) is 0 Å². The molecule has 0 aliphatic rings. The van der Waals surface area contributed by atoms with Crippen LogP contribution >= 0.6 is 0 Å². The van der Waals surface area contributed by atoms with Crippen molar-refractivity contribution in [2.75, 3.05) is 0 Å². The van der Waals surface area contributed by atoms with Crippen LogP contribution in [0.1, 0.15) is 0 Å². The summed E-state index contributed by atoms with van der Waals surface area (Å²) in [5.41, 5.74) is 0. The second-order valence-corrected chi connectivity index (χ2v) is 1.69. The van der Waals surface area contributed by atoms with Crippen LogP contribution < -0.4 is 0 Å². The van der Waals surface area contributed by atoms with E-state index in [0.717, 1.165) is 0 Å². The Bertz CT molecular complexity index is 130. The quantitative estimate of drug-likeness (QED) is 0.202. The van der Waals surface area contributed by atoms with Crippen molar-refractivity contribution in [3.8, 4) is 0 Å². The molecule has 0 saturated carbocycles. The Morgan fingerprint density at radius 3 is 1.00 bits per heavy atom. The van der Waals surface area contributed by atoms with E-state index < -0.39 is 17.7 Å². The number of hydrogen-bond donors (Lipinski definition) is 5. The molecule has 62 valence electrons. The summed E-state index contributed by atoms with van der Waals surface area (Å²) in [5.74, 6) is 0. The van der Waals surface area contributed by atoms with E-state index in [1.165, 1.54) is 0 Å². The van der Waals surface area contributed by atoms with E-state index in [9.17, 15) is 0 Å². The molecule has 0 aliphatic heterocycles. The minimum absolute atomic E-state index is 0. The van der Waals surface area contributed by atoms with Gasteiger partial charge in [-0.1, -0.05) is 0 Å². The third-order valence-corrected chi connectivity index (χ3v) is 0. The molecule has 0 radical (unpaired) electrons. The Morgan fingerprint density at radius 2 is 1.00 bits per heavy atom. The van der Waals surface area contributed by atoms with Crippen molar-refractivity contribution in [2.24, 2.45) is 0 Å². The minimum atomic E-state index is -4.67. The summed E-state index contributed by atoms with van der Waals surface area (Å²) < 4.78 is 31.6. The van der Waals surface area contributed by atoms with E-state index in [0.29, 0.717) is 0 Å². The molecule has 0 rings (SSSR count). The first-order chi connectivity index (χ1) is 3.73. The summed E-state index contributed by atoms with van der Waals surface area (Å²) in [4.78, 5) is 0. The standard InChI is InChI=1S/BH3O3.Mg.Na.H2O4S.3H/c2-1(3)4;;;1-5(2,3)4;;;/h2-4H;;;(H2,1,2,3,4);;;. The molecule has 11 heavy (non-hydrogen) atoms. The SMILES string of the molecule is O=S(=O)(O)O.OB(O)O.[MgH2].[NaH]. The van der Waals surface area contributed by atoms with Crippen molar-refractivity contribution < 1.29 is 32.6 Å². The van der Waals surface area contributed by atoms with Crippen molar-refractivity contribution in [3.63, 3.8) is 0 Å². The molecule has 7 nitrogen and oxygen atoms in total. The maximum atomic E-state index is 8.74. The Morgan fingerprint density at radius 1 is 1.00 bits per heavy atom. The summed E-state index contributed by atoms with van der Waals surface area (Å²) in [6.45, 7) is 0. The molecule has 11 heteroatoms. The van der Waals surface area contributed by atoms with Gasteiger partial charge in [-0.15, -0.1) is 0 Å². The molecule has 0 amide bonds. The first kappa shape index (κ1) is 22.9. The zero-order valence-corrected chi connectivity index (χ0v) is 4.85. The monoisotopic (exact) mass is 210 g/mol. The fourth-order valence-corrected chi connectivity index (χ4v) is 0. The molecular formula is H8BMgNaO7S. The second kappa shape index (κ2) is 11.6. The van der Waals surface area contributed by atoms with Gasteiger partial charge in [-0.3, -0.25) is 9.11 Å². The van der Waals surface area contributed by atoms with E-state index in [4.69, 9.17) is 32.6 Å². The van der Waals surface area contributed by atoms with Crippen molar-refractivity contribution in [2.45, 2.75) is 0 Å². The molecule has 0 spiro atoms. The summed E-state index contributed by atoms with van der Waals surface area (Å²) in [7, 11) is -6.83. The van der Waals surface area contributed by atoms with Gasteiger partial charge >= 0.3 is 70.3 Å². The van der Waals surface area contributed by atoms with Gasteiger partial charge in [0.2, 0.25) is 0 Å². The predicted molar refractivity (Wildman–Crippen MR) is 42.3 cm³/mol. The van der Waals surface area contributed by atoms with E-state index in [-0.39, 0.29) is 52.6 Å². The van der Waals surface area contributed by atoms with Crippen molar-refractivity contribution in [1.29, 1.82) is 0 Å². The molecule has 5 N–H and O–H groups in total. The molecule has 0 aliphatic carbocycles. The topological polar surface area (TPSA) is 135 Å². The van der Waals surface area contributed by atoms with Gasteiger partial charge in [-0.25, -0.2) is 0 Å². The van der Waals surface area contributed by atoms with Crippen LogP contribution in [0, 0.1) is 0 Å². The molecule has 0 fully saturated rings. The van der Waals surface area contributed by atoms with Crippen molar-refractivity contribution in [1.82, 2.24) is 0 Å². The molecule has 0 aromatic carbocycles. The van der Waals surface area contributed by atoms with E-state index >= 15 is 0 Å². The Kier molecular flexibility index (Phi) is 24.1.